The summed E-state index contributed by atoms with van der Waals surface area (Å²) in [4.78, 5) is 10.9. The summed E-state index contributed by atoms with van der Waals surface area (Å²) in [5, 5.41) is 0. The molecular formula is C19H26O2. The Bertz CT molecular complexity index is 465. The van der Waals surface area contributed by atoms with Gasteiger partial charge >= 0.3 is 5.97 Å². The number of allylic oxidation sites excluding steroid dienone is 2. The van der Waals surface area contributed by atoms with Crippen LogP contribution in [0.1, 0.15) is 63.9 Å². The van der Waals surface area contributed by atoms with Crippen LogP contribution in [-0.4, -0.2) is 5.97 Å². The van der Waals surface area contributed by atoms with Gasteiger partial charge in [0.05, 0.1) is 0 Å². The summed E-state index contributed by atoms with van der Waals surface area (Å²) in [6.07, 6.45) is 12.3. The molecule has 2 rings (SSSR count). The van der Waals surface area contributed by atoms with Crippen LogP contribution in [0.25, 0.3) is 0 Å². The van der Waals surface area contributed by atoms with E-state index in [1.165, 1.54) is 51.0 Å². The van der Waals surface area contributed by atoms with E-state index in [1.807, 2.05) is 12.1 Å². The van der Waals surface area contributed by atoms with Gasteiger partial charge in [0.1, 0.15) is 5.75 Å². The van der Waals surface area contributed by atoms with Gasteiger partial charge in [-0.05, 0) is 61.6 Å². The Morgan fingerprint density at radius 1 is 1.19 bits per heavy atom. The zero-order valence-electron chi connectivity index (χ0n) is 13.2. The third kappa shape index (κ3) is 5.04. The van der Waals surface area contributed by atoms with Crippen molar-refractivity contribution in [3.8, 4) is 5.75 Å². The van der Waals surface area contributed by atoms with E-state index in [-0.39, 0.29) is 5.97 Å². The van der Waals surface area contributed by atoms with E-state index < -0.39 is 0 Å². The number of unbranched alkanes of at least 4 members (excludes halogenated alkanes) is 1. The zero-order chi connectivity index (χ0) is 15.1. The molecule has 1 aliphatic rings. The van der Waals surface area contributed by atoms with Crippen LogP contribution in [0.3, 0.4) is 0 Å². The van der Waals surface area contributed by atoms with Gasteiger partial charge in [0, 0.05) is 6.92 Å². The SMILES string of the molecule is CCC/C=C/[C@H]1CC[C@H](c2ccc(OC(C)=O)cc2)CC1. The quantitative estimate of drug-likeness (QED) is 0.420. The van der Waals surface area contributed by atoms with Gasteiger partial charge in [-0.15, -0.1) is 0 Å². The van der Waals surface area contributed by atoms with Gasteiger partial charge in [-0.2, -0.15) is 0 Å². The van der Waals surface area contributed by atoms with Crippen LogP contribution in [0.5, 0.6) is 5.75 Å². The summed E-state index contributed by atoms with van der Waals surface area (Å²) in [7, 11) is 0. The fourth-order valence-electron chi connectivity index (χ4n) is 3.07. The third-order valence-electron chi connectivity index (χ3n) is 4.25. The average Bonchev–Trinajstić information content (AvgIpc) is 2.49. The Morgan fingerprint density at radius 3 is 2.43 bits per heavy atom. The standard InChI is InChI=1S/C19H26O2/c1-3-4-5-6-16-7-9-17(10-8-16)18-11-13-19(14-12-18)21-15(2)20/h5-6,11-14,16-17H,3-4,7-10H2,1-2H3/b6-5+/t16-,17-. The molecule has 2 heteroatoms. The summed E-state index contributed by atoms with van der Waals surface area (Å²) in [5.74, 6) is 1.81. The molecule has 0 atom stereocenters. The van der Waals surface area contributed by atoms with E-state index in [1.54, 1.807) is 0 Å². The van der Waals surface area contributed by atoms with Crippen LogP contribution in [0.2, 0.25) is 0 Å². The molecule has 2 nitrogen and oxygen atoms in total. The first-order chi connectivity index (χ1) is 10.2. The zero-order valence-corrected chi connectivity index (χ0v) is 13.2. The number of hydrogen-bond acceptors (Lipinski definition) is 2. The number of rotatable bonds is 5. The molecule has 0 aliphatic heterocycles. The largest absolute Gasteiger partial charge is 0.427 e. The number of hydrogen-bond donors (Lipinski definition) is 0. The van der Waals surface area contributed by atoms with E-state index in [4.69, 9.17) is 4.74 Å². The second-order valence-electron chi connectivity index (χ2n) is 5.99. The monoisotopic (exact) mass is 286 g/mol. The first-order valence-electron chi connectivity index (χ1n) is 8.14. The fraction of sp³-hybridized carbons (Fsp3) is 0.526. The highest BCUT2D eigenvalue weighted by molar-refractivity contribution is 5.69. The lowest BCUT2D eigenvalue weighted by molar-refractivity contribution is -0.131. The lowest BCUT2D eigenvalue weighted by Crippen LogP contribution is -2.11. The van der Waals surface area contributed by atoms with Crippen molar-refractivity contribution in [1.82, 2.24) is 0 Å². The van der Waals surface area contributed by atoms with Crippen molar-refractivity contribution in [2.45, 2.75) is 58.3 Å². The molecule has 114 valence electrons. The van der Waals surface area contributed by atoms with Crippen molar-refractivity contribution in [2.75, 3.05) is 0 Å². The molecule has 0 heterocycles. The van der Waals surface area contributed by atoms with Crippen molar-refractivity contribution in [2.24, 2.45) is 5.92 Å². The predicted octanol–water partition coefficient (Wildman–Crippen LogP) is 5.24. The van der Waals surface area contributed by atoms with Crippen LogP contribution in [0.15, 0.2) is 36.4 Å². The number of ether oxygens (including phenoxy) is 1. The highest BCUT2D eigenvalue weighted by Gasteiger charge is 2.20. The van der Waals surface area contributed by atoms with Gasteiger partial charge in [-0.25, -0.2) is 0 Å². The van der Waals surface area contributed by atoms with Crippen LogP contribution in [0.4, 0.5) is 0 Å². The molecular weight excluding hydrogens is 260 g/mol. The van der Waals surface area contributed by atoms with Crippen molar-refractivity contribution in [3.63, 3.8) is 0 Å². The second kappa shape index (κ2) is 8.02. The number of esters is 1. The van der Waals surface area contributed by atoms with Crippen LogP contribution < -0.4 is 4.74 Å². The molecule has 0 spiro atoms. The summed E-state index contributed by atoms with van der Waals surface area (Å²) < 4.78 is 5.08. The molecule has 0 amide bonds. The number of benzene rings is 1. The third-order valence-corrected chi connectivity index (χ3v) is 4.25. The Hall–Kier alpha value is -1.57. The van der Waals surface area contributed by atoms with Gasteiger partial charge in [0.2, 0.25) is 0 Å². The summed E-state index contributed by atoms with van der Waals surface area (Å²) >= 11 is 0. The Balaban J connectivity index is 1.85. The van der Waals surface area contributed by atoms with Crippen LogP contribution in [0, 0.1) is 5.92 Å². The van der Waals surface area contributed by atoms with Crippen molar-refractivity contribution in [1.29, 1.82) is 0 Å². The van der Waals surface area contributed by atoms with E-state index in [0.717, 1.165) is 5.92 Å². The molecule has 1 aromatic carbocycles. The van der Waals surface area contributed by atoms with Crippen LogP contribution >= 0.6 is 0 Å². The molecule has 0 unspecified atom stereocenters. The molecule has 0 N–H and O–H groups in total. The minimum atomic E-state index is -0.262. The first kappa shape index (κ1) is 15.8. The summed E-state index contributed by atoms with van der Waals surface area (Å²) in [6, 6.07) is 8.03. The van der Waals surface area contributed by atoms with Crippen molar-refractivity contribution < 1.29 is 9.53 Å². The maximum atomic E-state index is 10.9. The van der Waals surface area contributed by atoms with Gasteiger partial charge < -0.3 is 4.74 Å². The van der Waals surface area contributed by atoms with Crippen LogP contribution in [-0.2, 0) is 4.79 Å². The minimum absolute atomic E-state index is 0.262. The summed E-state index contributed by atoms with van der Waals surface area (Å²) in [5.41, 5.74) is 1.38. The normalized spacial score (nSPS) is 22.4. The average molecular weight is 286 g/mol. The van der Waals surface area contributed by atoms with E-state index in [2.05, 4.69) is 31.2 Å². The second-order valence-corrected chi connectivity index (χ2v) is 5.99. The molecule has 0 saturated heterocycles. The summed E-state index contributed by atoms with van der Waals surface area (Å²) in [6.45, 7) is 3.65. The molecule has 21 heavy (non-hydrogen) atoms. The van der Waals surface area contributed by atoms with Crippen molar-refractivity contribution >= 4 is 5.97 Å². The Labute approximate surface area is 128 Å². The Morgan fingerprint density at radius 2 is 1.86 bits per heavy atom. The molecule has 0 aromatic heterocycles. The van der Waals surface area contributed by atoms with Crippen molar-refractivity contribution in [3.05, 3.63) is 42.0 Å². The Kier molecular flexibility index (Phi) is 6.04. The lowest BCUT2D eigenvalue weighted by Gasteiger charge is -2.27. The molecule has 0 bridgehead atoms. The van der Waals surface area contributed by atoms with E-state index in [0.29, 0.717) is 11.7 Å². The maximum Gasteiger partial charge on any atom is 0.308 e. The van der Waals surface area contributed by atoms with E-state index >= 15 is 0 Å². The lowest BCUT2D eigenvalue weighted by atomic mass is 9.78. The van der Waals surface area contributed by atoms with Gasteiger partial charge in [-0.1, -0.05) is 37.6 Å². The topological polar surface area (TPSA) is 26.3 Å². The minimum Gasteiger partial charge on any atom is -0.427 e. The molecule has 1 aliphatic carbocycles. The highest BCUT2D eigenvalue weighted by atomic mass is 16.5. The van der Waals surface area contributed by atoms with Gasteiger partial charge in [0.15, 0.2) is 0 Å². The highest BCUT2D eigenvalue weighted by Crippen LogP contribution is 2.36. The van der Waals surface area contributed by atoms with Gasteiger partial charge in [0.25, 0.3) is 0 Å². The molecule has 1 aromatic rings. The predicted molar refractivity (Wildman–Crippen MR) is 86.5 cm³/mol. The fourth-order valence-corrected chi connectivity index (χ4v) is 3.07. The van der Waals surface area contributed by atoms with Gasteiger partial charge in [-0.3, -0.25) is 4.79 Å². The number of carbonyl (C=O) groups excluding carboxylic acids is 1. The molecule has 0 radical (unpaired) electrons. The first-order valence-corrected chi connectivity index (χ1v) is 8.14. The smallest absolute Gasteiger partial charge is 0.308 e. The molecule has 1 fully saturated rings. The van der Waals surface area contributed by atoms with E-state index in [9.17, 15) is 4.79 Å². The maximum absolute atomic E-state index is 10.9. The molecule has 1 saturated carbocycles. The number of carbonyl (C=O) groups is 1.